The van der Waals surface area contributed by atoms with Crippen LogP contribution in [0.1, 0.15) is 225 Å². The highest BCUT2D eigenvalue weighted by atomic mass is 14.6. The second-order valence-corrected chi connectivity index (χ2v) is 24.6. The molecule has 8 rings (SSSR count). The van der Waals surface area contributed by atoms with Gasteiger partial charge in [-0.3, -0.25) is 0 Å². The number of nitrogens with two attached hydrogens (primary N) is 4. The van der Waals surface area contributed by atoms with Crippen molar-refractivity contribution in [1.82, 2.24) is 0 Å². The Labute approximate surface area is 463 Å². The smallest absolute Gasteiger partial charge is 0.0701 e. The highest BCUT2D eigenvalue weighted by Gasteiger charge is 2.39. The van der Waals surface area contributed by atoms with Crippen molar-refractivity contribution in [2.24, 2.45) is 0 Å². The van der Waals surface area contributed by atoms with Crippen LogP contribution in [-0.2, 0) is 5.41 Å². The van der Waals surface area contributed by atoms with Crippen LogP contribution in [0.15, 0.2) is 146 Å². The fraction of sp³-hybridized carbons (Fsp3) is 0.342. The molecule has 0 aliphatic carbocycles. The van der Waals surface area contributed by atoms with Gasteiger partial charge in [-0.05, 0) is 207 Å². The maximum atomic E-state index is 6.88. The molecule has 0 amide bonds. The summed E-state index contributed by atoms with van der Waals surface area (Å²) in [4.78, 5) is 0. The van der Waals surface area contributed by atoms with Crippen LogP contribution in [0.3, 0.4) is 0 Å². The average Bonchev–Trinajstić information content (AvgIpc) is 3.43. The van der Waals surface area contributed by atoms with Gasteiger partial charge < -0.3 is 22.9 Å². The number of anilines is 4. The van der Waals surface area contributed by atoms with Crippen molar-refractivity contribution in [3.63, 3.8) is 0 Å². The van der Waals surface area contributed by atoms with Gasteiger partial charge in [-0.15, -0.1) is 0 Å². The van der Waals surface area contributed by atoms with Crippen molar-refractivity contribution in [3.8, 4) is 44.5 Å². The molecule has 0 fully saturated rings. The van der Waals surface area contributed by atoms with Crippen LogP contribution in [0.5, 0.6) is 0 Å². The van der Waals surface area contributed by atoms with E-state index in [1.165, 1.54) is 89.0 Å². The van der Waals surface area contributed by atoms with E-state index in [2.05, 4.69) is 256 Å². The molecule has 0 saturated heterocycles. The van der Waals surface area contributed by atoms with Crippen LogP contribution >= 0.6 is 0 Å². The van der Waals surface area contributed by atoms with Gasteiger partial charge in [-0.2, -0.15) is 0 Å². The van der Waals surface area contributed by atoms with Crippen LogP contribution in [0.4, 0.5) is 22.7 Å². The molecule has 0 saturated carbocycles. The molecule has 8 aromatic carbocycles. The predicted molar refractivity (Wildman–Crippen MR) is 337 cm³/mol. The normalized spacial score (nSPS) is 12.3. The molecule has 8 N–H and O–H groups in total. The number of rotatable bonds is 16. The van der Waals surface area contributed by atoms with Crippen molar-refractivity contribution < 1.29 is 0 Å². The molecular weight excluding hydrogens is 933 g/mol. The summed E-state index contributed by atoms with van der Waals surface area (Å²) in [7, 11) is 0. The van der Waals surface area contributed by atoms with Gasteiger partial charge in [-0.25, -0.2) is 0 Å². The van der Waals surface area contributed by atoms with Crippen molar-refractivity contribution in [2.75, 3.05) is 22.9 Å². The molecular formula is C73H88N4. The molecule has 0 heterocycles. The van der Waals surface area contributed by atoms with Gasteiger partial charge in [-0.1, -0.05) is 208 Å². The van der Waals surface area contributed by atoms with Crippen LogP contribution in [0.25, 0.3) is 44.5 Å². The van der Waals surface area contributed by atoms with Crippen molar-refractivity contribution in [1.29, 1.82) is 0 Å². The minimum atomic E-state index is -0.755. The molecule has 8 aromatic rings. The van der Waals surface area contributed by atoms with E-state index in [1.54, 1.807) is 0 Å². The Morgan fingerprint density at radius 3 is 0.455 bits per heavy atom. The lowest BCUT2D eigenvalue weighted by Crippen LogP contribution is -2.31. The molecule has 77 heavy (non-hydrogen) atoms. The highest BCUT2D eigenvalue weighted by molar-refractivity contribution is 5.78. The van der Waals surface area contributed by atoms with Crippen LogP contribution in [0, 0.1) is 0 Å². The lowest BCUT2D eigenvalue weighted by Gasteiger charge is -2.37. The molecule has 0 radical (unpaired) electrons. The monoisotopic (exact) mass is 1020 g/mol. The van der Waals surface area contributed by atoms with E-state index >= 15 is 0 Å². The zero-order chi connectivity index (χ0) is 55.9. The van der Waals surface area contributed by atoms with Crippen molar-refractivity contribution in [3.05, 3.63) is 212 Å². The molecule has 0 aliphatic heterocycles. The van der Waals surface area contributed by atoms with E-state index in [4.69, 9.17) is 22.9 Å². The Bertz CT molecular complexity index is 2790. The maximum absolute atomic E-state index is 6.88. The number of hydrogen-bond acceptors (Lipinski definition) is 4. The minimum Gasteiger partial charge on any atom is -0.398 e. The Morgan fingerprint density at radius 2 is 0.338 bits per heavy atom. The second kappa shape index (κ2) is 22.5. The zero-order valence-electron chi connectivity index (χ0n) is 49.3. The SMILES string of the molecule is CC(C)c1cc(-c2ccc(C(c3ccc(-c4cc(C(C)C)c(N)c(C(C)C)c4)cc3)(c3ccc(-c4cc(C(C)C)c(N)c(C(C)C)c4)cc3)c3ccc(-c4cc(C(C)C)c(N)c(C(C)C)c4)cc3)cc2)cc(C(C)C)c1N. The van der Waals surface area contributed by atoms with Gasteiger partial charge in [0.05, 0.1) is 5.41 Å². The predicted octanol–water partition coefficient (Wildman–Crippen LogP) is 20.1. The van der Waals surface area contributed by atoms with Crippen LogP contribution in [-0.4, -0.2) is 0 Å². The van der Waals surface area contributed by atoms with E-state index in [0.29, 0.717) is 47.3 Å². The van der Waals surface area contributed by atoms with Gasteiger partial charge in [0.2, 0.25) is 0 Å². The highest BCUT2D eigenvalue weighted by Crippen LogP contribution is 2.49. The van der Waals surface area contributed by atoms with Crippen molar-refractivity contribution in [2.45, 2.75) is 164 Å². The first-order valence-electron chi connectivity index (χ1n) is 28.6. The third-order valence-electron chi connectivity index (χ3n) is 16.6. The van der Waals surface area contributed by atoms with Gasteiger partial charge in [0.15, 0.2) is 0 Å². The first-order chi connectivity index (χ1) is 36.4. The Hall–Kier alpha value is -7.04. The van der Waals surface area contributed by atoms with E-state index in [0.717, 1.165) is 45.0 Å². The summed E-state index contributed by atoms with van der Waals surface area (Å²) < 4.78 is 0. The van der Waals surface area contributed by atoms with Gasteiger partial charge in [0, 0.05) is 22.7 Å². The van der Waals surface area contributed by atoms with Gasteiger partial charge in [0.25, 0.3) is 0 Å². The standard InChI is InChI=1S/C73H88N4/c1-41(2)61-33-53(34-62(42(3)4)69(61)74)49-17-25-57(26-18-49)73(58-27-19-50(20-28-58)54-35-63(43(5)6)70(75)64(36-54)44(7)8,59-29-21-51(22-30-59)55-37-65(45(9)10)71(76)66(38-55)46(11)12)60-31-23-52(24-32-60)56-39-67(47(13)14)72(77)68(40-56)48(15)16/h17-48H,74-77H2,1-16H3. The first-order valence-corrected chi connectivity index (χ1v) is 28.6. The summed E-state index contributed by atoms with van der Waals surface area (Å²) in [5.41, 5.74) is 54.0. The third-order valence-corrected chi connectivity index (χ3v) is 16.6. The average molecular weight is 1020 g/mol. The van der Waals surface area contributed by atoms with Gasteiger partial charge in [0.1, 0.15) is 0 Å². The quantitative estimate of drug-likeness (QED) is 0.0572. The molecule has 0 unspecified atom stereocenters. The lowest BCUT2D eigenvalue weighted by molar-refractivity contribution is 0.745. The number of nitrogen functional groups attached to an aromatic ring is 4. The molecule has 0 bridgehead atoms. The van der Waals surface area contributed by atoms with Crippen molar-refractivity contribution >= 4 is 22.7 Å². The number of benzene rings is 8. The van der Waals surface area contributed by atoms with E-state index in [1.807, 2.05) is 0 Å². The zero-order valence-corrected chi connectivity index (χ0v) is 49.3. The molecule has 0 spiro atoms. The summed E-state index contributed by atoms with van der Waals surface area (Å²) in [6, 6.07) is 55.9. The third kappa shape index (κ3) is 10.8. The Morgan fingerprint density at radius 1 is 0.208 bits per heavy atom. The second-order valence-electron chi connectivity index (χ2n) is 24.6. The summed E-state index contributed by atoms with van der Waals surface area (Å²) >= 11 is 0. The van der Waals surface area contributed by atoms with E-state index in [-0.39, 0.29) is 0 Å². The lowest BCUT2D eigenvalue weighted by atomic mass is 9.64. The Kier molecular flexibility index (Phi) is 16.4. The largest absolute Gasteiger partial charge is 0.398 e. The molecule has 4 heteroatoms. The fourth-order valence-electron chi connectivity index (χ4n) is 11.9. The number of hydrogen-bond donors (Lipinski definition) is 4. The first kappa shape index (κ1) is 56.2. The van der Waals surface area contributed by atoms with Crippen LogP contribution in [0.2, 0.25) is 0 Å². The molecule has 0 aliphatic rings. The van der Waals surface area contributed by atoms with Crippen LogP contribution < -0.4 is 22.9 Å². The molecule has 400 valence electrons. The summed E-state index contributed by atoms with van der Waals surface area (Å²) in [6.45, 7) is 35.7. The van der Waals surface area contributed by atoms with E-state index < -0.39 is 5.41 Å². The van der Waals surface area contributed by atoms with Gasteiger partial charge >= 0.3 is 0 Å². The summed E-state index contributed by atoms with van der Waals surface area (Å²) in [5.74, 6) is 2.33. The molecule has 0 aromatic heterocycles. The molecule has 4 nitrogen and oxygen atoms in total. The topological polar surface area (TPSA) is 104 Å². The maximum Gasteiger partial charge on any atom is 0.0701 e. The minimum absolute atomic E-state index is 0.291. The fourth-order valence-corrected chi connectivity index (χ4v) is 11.9. The Balaban J connectivity index is 1.41. The molecule has 0 atom stereocenters. The summed E-state index contributed by atoms with van der Waals surface area (Å²) in [6.07, 6.45) is 0. The summed E-state index contributed by atoms with van der Waals surface area (Å²) in [5, 5.41) is 0. The van der Waals surface area contributed by atoms with E-state index in [9.17, 15) is 0 Å².